The van der Waals surface area contributed by atoms with Gasteiger partial charge in [0.05, 0.1) is 0 Å². The van der Waals surface area contributed by atoms with E-state index in [1.54, 1.807) is 7.11 Å². The molecule has 0 spiro atoms. The van der Waals surface area contributed by atoms with Crippen molar-refractivity contribution < 1.29 is 9.53 Å². The molecular formula is C18H26N6O2. The second kappa shape index (κ2) is 8.39. The lowest BCUT2D eigenvalue weighted by atomic mass is 9.91. The minimum Gasteiger partial charge on any atom is -0.377 e. The van der Waals surface area contributed by atoms with Crippen LogP contribution in [0.1, 0.15) is 32.5 Å². The number of hydrogen-bond acceptors (Lipinski definition) is 6. The number of carbonyl (C=O) groups is 1. The van der Waals surface area contributed by atoms with Crippen LogP contribution in [-0.4, -0.2) is 40.3 Å². The maximum absolute atomic E-state index is 12.3. The quantitative estimate of drug-likeness (QED) is 0.602. The van der Waals surface area contributed by atoms with Crippen molar-refractivity contribution in [3.63, 3.8) is 0 Å². The Morgan fingerprint density at radius 2 is 2.04 bits per heavy atom. The van der Waals surface area contributed by atoms with Gasteiger partial charge in [-0.2, -0.15) is 5.10 Å². The van der Waals surface area contributed by atoms with Gasteiger partial charge in [0.1, 0.15) is 6.61 Å². The molecule has 2 heterocycles. The monoisotopic (exact) mass is 358 g/mol. The average Bonchev–Trinajstić information content (AvgIpc) is 3.21. The summed E-state index contributed by atoms with van der Waals surface area (Å²) in [7, 11) is 1.61. The Balaban J connectivity index is 1.58. The molecule has 0 radical (unpaired) electrons. The van der Waals surface area contributed by atoms with Gasteiger partial charge in [-0.3, -0.25) is 20.7 Å². The molecule has 1 amide bonds. The van der Waals surface area contributed by atoms with Crippen molar-refractivity contribution in [2.45, 2.75) is 45.4 Å². The second-order valence-electron chi connectivity index (χ2n) is 6.74. The van der Waals surface area contributed by atoms with Gasteiger partial charge < -0.3 is 10.1 Å². The fourth-order valence-corrected chi connectivity index (χ4v) is 3.29. The van der Waals surface area contributed by atoms with Gasteiger partial charge in [-0.15, -0.1) is 0 Å². The minimum atomic E-state index is 0.0171. The van der Waals surface area contributed by atoms with Crippen LogP contribution in [0.3, 0.4) is 0 Å². The van der Waals surface area contributed by atoms with Crippen LogP contribution in [-0.2, 0) is 16.1 Å². The Morgan fingerprint density at radius 3 is 2.77 bits per heavy atom. The molecule has 1 fully saturated rings. The van der Waals surface area contributed by atoms with Gasteiger partial charge in [-0.05, 0) is 38.3 Å². The number of rotatable bonds is 7. The van der Waals surface area contributed by atoms with Crippen LogP contribution < -0.4 is 16.2 Å². The summed E-state index contributed by atoms with van der Waals surface area (Å²) < 4.78 is 5.04. The van der Waals surface area contributed by atoms with E-state index in [2.05, 4.69) is 45.2 Å². The summed E-state index contributed by atoms with van der Waals surface area (Å²) in [5.41, 5.74) is 8.03. The van der Waals surface area contributed by atoms with E-state index >= 15 is 0 Å². The van der Waals surface area contributed by atoms with Gasteiger partial charge in [0, 0.05) is 36.9 Å². The number of nitrogens with zero attached hydrogens (tertiary/aromatic N) is 2. The number of H-pyrrole nitrogens is 1. The fourth-order valence-electron chi connectivity index (χ4n) is 3.29. The van der Waals surface area contributed by atoms with Gasteiger partial charge in [0.2, 0.25) is 5.91 Å². The highest BCUT2D eigenvalue weighted by molar-refractivity contribution is 5.91. The van der Waals surface area contributed by atoms with E-state index in [0.29, 0.717) is 42.7 Å². The van der Waals surface area contributed by atoms with Crippen molar-refractivity contribution in [2.24, 2.45) is 5.92 Å². The summed E-state index contributed by atoms with van der Waals surface area (Å²) in [6.07, 6.45) is 1.33. The van der Waals surface area contributed by atoms with Crippen LogP contribution in [0.5, 0.6) is 0 Å². The Labute approximate surface area is 153 Å². The van der Waals surface area contributed by atoms with Crippen LogP contribution in [0, 0.1) is 5.92 Å². The number of hydrazine groups is 1. The predicted octanol–water partition coefficient (Wildman–Crippen LogP) is 1.84. The van der Waals surface area contributed by atoms with Crippen LogP contribution in [0.25, 0.3) is 11.4 Å². The van der Waals surface area contributed by atoms with Crippen molar-refractivity contribution >= 4 is 11.6 Å². The minimum absolute atomic E-state index is 0.0171. The first kappa shape index (κ1) is 18.5. The highest BCUT2D eigenvalue weighted by Crippen LogP contribution is 2.22. The smallest absolute Gasteiger partial charge is 0.224 e. The third kappa shape index (κ3) is 4.46. The maximum atomic E-state index is 12.3. The molecule has 1 saturated heterocycles. The van der Waals surface area contributed by atoms with E-state index < -0.39 is 0 Å². The molecule has 4 N–H and O–H groups in total. The van der Waals surface area contributed by atoms with Gasteiger partial charge in [-0.25, -0.2) is 4.98 Å². The van der Waals surface area contributed by atoms with E-state index in [1.165, 1.54) is 0 Å². The molecule has 8 heteroatoms. The van der Waals surface area contributed by atoms with Crippen LogP contribution in [0.4, 0.5) is 5.69 Å². The first-order valence-electron chi connectivity index (χ1n) is 8.88. The first-order chi connectivity index (χ1) is 12.6. The number of nitrogens with one attached hydrogen (secondary N) is 4. The highest BCUT2D eigenvalue weighted by atomic mass is 16.5. The molecule has 2 aromatic rings. The fraction of sp³-hybridized carbons (Fsp3) is 0.500. The van der Waals surface area contributed by atoms with Gasteiger partial charge in [0.15, 0.2) is 11.6 Å². The number of hydrogen-bond donors (Lipinski definition) is 4. The van der Waals surface area contributed by atoms with Crippen molar-refractivity contribution in [3.8, 4) is 11.4 Å². The molecule has 140 valence electrons. The number of aromatic amines is 1. The molecule has 1 aromatic carbocycles. The third-order valence-corrected chi connectivity index (χ3v) is 4.75. The molecule has 26 heavy (non-hydrogen) atoms. The lowest BCUT2D eigenvalue weighted by molar-refractivity contribution is -0.116. The zero-order chi connectivity index (χ0) is 18.5. The summed E-state index contributed by atoms with van der Waals surface area (Å²) in [4.78, 5) is 16.7. The topological polar surface area (TPSA) is 104 Å². The van der Waals surface area contributed by atoms with E-state index in [9.17, 15) is 4.79 Å². The van der Waals surface area contributed by atoms with E-state index in [0.717, 1.165) is 17.7 Å². The second-order valence-corrected chi connectivity index (χ2v) is 6.74. The molecule has 1 aliphatic rings. The molecule has 0 bridgehead atoms. The molecule has 2 unspecified atom stereocenters. The van der Waals surface area contributed by atoms with Crippen LogP contribution in [0.15, 0.2) is 24.3 Å². The largest absolute Gasteiger partial charge is 0.377 e. The van der Waals surface area contributed by atoms with E-state index in [4.69, 9.17) is 4.74 Å². The zero-order valence-electron chi connectivity index (χ0n) is 15.4. The van der Waals surface area contributed by atoms with E-state index in [-0.39, 0.29) is 5.91 Å². The van der Waals surface area contributed by atoms with Crippen LogP contribution >= 0.6 is 0 Å². The zero-order valence-corrected chi connectivity index (χ0v) is 15.4. The number of anilines is 1. The first-order valence-corrected chi connectivity index (χ1v) is 8.88. The summed E-state index contributed by atoms with van der Waals surface area (Å²) >= 11 is 0. The van der Waals surface area contributed by atoms with Gasteiger partial charge in [-0.1, -0.05) is 12.1 Å². The Bertz CT molecular complexity index is 737. The van der Waals surface area contributed by atoms with Crippen LogP contribution in [0.2, 0.25) is 0 Å². The third-order valence-electron chi connectivity index (χ3n) is 4.75. The normalized spacial score (nSPS) is 22.5. The lowest BCUT2D eigenvalue weighted by Crippen LogP contribution is -2.30. The Kier molecular flexibility index (Phi) is 5.97. The molecule has 0 aliphatic carbocycles. The molecule has 8 nitrogen and oxygen atoms in total. The summed E-state index contributed by atoms with van der Waals surface area (Å²) in [6, 6.07) is 8.28. The SMILES string of the molecule is COCc1nc(-c2cccc(NC(=O)CCC3C(C)NNC3C)c2)n[nH]1. The average molecular weight is 358 g/mol. The Hall–Kier alpha value is -2.29. The predicted molar refractivity (Wildman–Crippen MR) is 99.1 cm³/mol. The maximum Gasteiger partial charge on any atom is 0.224 e. The van der Waals surface area contributed by atoms with Gasteiger partial charge in [0.25, 0.3) is 0 Å². The van der Waals surface area contributed by atoms with Crippen molar-refractivity contribution in [1.29, 1.82) is 0 Å². The number of amides is 1. The number of benzene rings is 1. The highest BCUT2D eigenvalue weighted by Gasteiger charge is 2.29. The number of carbonyl (C=O) groups excluding carboxylic acids is 1. The molecule has 0 saturated carbocycles. The number of ether oxygens (including phenoxy) is 1. The number of methoxy groups -OCH3 is 1. The van der Waals surface area contributed by atoms with Crippen molar-refractivity contribution in [2.75, 3.05) is 12.4 Å². The van der Waals surface area contributed by atoms with Crippen molar-refractivity contribution in [1.82, 2.24) is 26.0 Å². The standard InChI is InChI=1S/C18H26N6O2/c1-11-15(12(2)22-21-11)7-8-17(25)19-14-6-4-5-13(9-14)18-20-16(10-26-3)23-24-18/h4-6,9,11-12,15,21-22H,7-8,10H2,1-3H3,(H,19,25)(H,20,23,24). The lowest BCUT2D eigenvalue weighted by Gasteiger charge is -2.17. The van der Waals surface area contributed by atoms with E-state index in [1.807, 2.05) is 24.3 Å². The summed E-state index contributed by atoms with van der Waals surface area (Å²) in [6.45, 7) is 4.65. The molecular weight excluding hydrogens is 332 g/mol. The van der Waals surface area contributed by atoms with Crippen molar-refractivity contribution in [3.05, 3.63) is 30.1 Å². The summed E-state index contributed by atoms with van der Waals surface area (Å²) in [5, 5.41) is 10.00. The molecule has 2 atom stereocenters. The molecule has 1 aromatic heterocycles. The Morgan fingerprint density at radius 1 is 1.27 bits per heavy atom. The van der Waals surface area contributed by atoms with Gasteiger partial charge >= 0.3 is 0 Å². The molecule has 1 aliphatic heterocycles. The number of aromatic nitrogens is 3. The summed E-state index contributed by atoms with van der Waals surface area (Å²) in [5.74, 6) is 1.71. The molecule has 3 rings (SSSR count).